The SMILES string of the molecule is Brc1nc2cccc(NC3CCOC3)n2n1. The van der Waals surface area contributed by atoms with Gasteiger partial charge in [0.25, 0.3) is 0 Å². The summed E-state index contributed by atoms with van der Waals surface area (Å²) < 4.78 is 7.72. The Kier molecular flexibility index (Phi) is 2.53. The van der Waals surface area contributed by atoms with Crippen LogP contribution in [0, 0.1) is 0 Å². The van der Waals surface area contributed by atoms with Gasteiger partial charge in [0.15, 0.2) is 5.65 Å². The van der Waals surface area contributed by atoms with Gasteiger partial charge in [0.1, 0.15) is 5.82 Å². The van der Waals surface area contributed by atoms with E-state index in [1.807, 2.05) is 18.2 Å². The van der Waals surface area contributed by atoms with E-state index in [-0.39, 0.29) is 0 Å². The predicted molar refractivity (Wildman–Crippen MR) is 63.5 cm³/mol. The maximum Gasteiger partial charge on any atom is 0.218 e. The Morgan fingerprint density at radius 1 is 1.50 bits per heavy atom. The average molecular weight is 283 g/mol. The van der Waals surface area contributed by atoms with Crippen LogP contribution >= 0.6 is 15.9 Å². The van der Waals surface area contributed by atoms with Crippen molar-refractivity contribution in [3.8, 4) is 0 Å². The van der Waals surface area contributed by atoms with Crippen LogP contribution < -0.4 is 5.32 Å². The van der Waals surface area contributed by atoms with Crippen molar-refractivity contribution in [1.82, 2.24) is 14.6 Å². The smallest absolute Gasteiger partial charge is 0.218 e. The Morgan fingerprint density at radius 3 is 3.25 bits per heavy atom. The van der Waals surface area contributed by atoms with Crippen LogP contribution in [0.4, 0.5) is 5.82 Å². The summed E-state index contributed by atoms with van der Waals surface area (Å²) in [4.78, 5) is 4.25. The number of nitrogens with one attached hydrogen (secondary N) is 1. The lowest BCUT2D eigenvalue weighted by Crippen LogP contribution is -2.20. The van der Waals surface area contributed by atoms with Gasteiger partial charge in [0.2, 0.25) is 4.73 Å². The predicted octanol–water partition coefficient (Wildman–Crippen LogP) is 1.69. The molecule has 1 saturated heterocycles. The van der Waals surface area contributed by atoms with E-state index in [4.69, 9.17) is 4.74 Å². The monoisotopic (exact) mass is 282 g/mol. The molecule has 1 unspecified atom stereocenters. The van der Waals surface area contributed by atoms with Crippen LogP contribution in [0.2, 0.25) is 0 Å². The first-order valence-corrected chi connectivity index (χ1v) is 5.98. The van der Waals surface area contributed by atoms with Gasteiger partial charge in [-0.25, -0.2) is 4.98 Å². The first-order chi connectivity index (χ1) is 7.83. The van der Waals surface area contributed by atoms with Crippen LogP contribution in [0.25, 0.3) is 5.65 Å². The van der Waals surface area contributed by atoms with Gasteiger partial charge in [0.05, 0.1) is 12.6 Å². The zero-order valence-corrected chi connectivity index (χ0v) is 10.1. The molecule has 2 aromatic heterocycles. The van der Waals surface area contributed by atoms with Crippen molar-refractivity contribution in [3.05, 3.63) is 22.9 Å². The summed E-state index contributed by atoms with van der Waals surface area (Å²) >= 11 is 3.28. The minimum absolute atomic E-state index is 0.369. The number of anilines is 1. The molecular formula is C10H11BrN4O. The summed E-state index contributed by atoms with van der Waals surface area (Å²) in [7, 11) is 0. The van der Waals surface area contributed by atoms with Crippen molar-refractivity contribution in [3.63, 3.8) is 0 Å². The molecule has 0 aliphatic carbocycles. The number of halogens is 1. The van der Waals surface area contributed by atoms with Crippen molar-refractivity contribution >= 4 is 27.4 Å². The Morgan fingerprint density at radius 2 is 2.44 bits per heavy atom. The molecule has 0 amide bonds. The third-order valence-electron chi connectivity index (χ3n) is 2.62. The molecule has 0 spiro atoms. The molecule has 1 atom stereocenters. The lowest BCUT2D eigenvalue weighted by molar-refractivity contribution is 0.195. The molecule has 1 aliphatic rings. The highest BCUT2D eigenvalue weighted by molar-refractivity contribution is 9.10. The molecule has 0 saturated carbocycles. The third kappa shape index (κ3) is 1.78. The van der Waals surface area contributed by atoms with Crippen LogP contribution in [0.3, 0.4) is 0 Å². The van der Waals surface area contributed by atoms with E-state index in [0.29, 0.717) is 10.8 Å². The fraction of sp³-hybridized carbons (Fsp3) is 0.400. The number of ether oxygens (including phenoxy) is 1. The van der Waals surface area contributed by atoms with Gasteiger partial charge >= 0.3 is 0 Å². The molecule has 16 heavy (non-hydrogen) atoms. The number of hydrogen-bond acceptors (Lipinski definition) is 4. The number of aromatic nitrogens is 3. The van der Waals surface area contributed by atoms with Crippen LogP contribution in [0.15, 0.2) is 22.9 Å². The lowest BCUT2D eigenvalue weighted by atomic mass is 10.2. The Hall–Kier alpha value is -1.14. The minimum Gasteiger partial charge on any atom is -0.379 e. The second kappa shape index (κ2) is 4.03. The van der Waals surface area contributed by atoms with Gasteiger partial charge in [-0.05, 0) is 34.5 Å². The highest BCUT2D eigenvalue weighted by atomic mass is 79.9. The van der Waals surface area contributed by atoms with Crippen molar-refractivity contribution < 1.29 is 4.74 Å². The fourth-order valence-electron chi connectivity index (χ4n) is 1.85. The summed E-state index contributed by atoms with van der Waals surface area (Å²) in [6, 6.07) is 6.25. The fourth-order valence-corrected chi connectivity index (χ4v) is 2.19. The first-order valence-electron chi connectivity index (χ1n) is 5.18. The summed E-state index contributed by atoms with van der Waals surface area (Å²) in [5, 5.41) is 7.69. The molecule has 2 aromatic rings. The highest BCUT2D eigenvalue weighted by Gasteiger charge is 2.16. The molecule has 0 radical (unpaired) electrons. The number of nitrogens with zero attached hydrogens (tertiary/aromatic N) is 3. The van der Waals surface area contributed by atoms with E-state index >= 15 is 0 Å². The van der Waals surface area contributed by atoms with Gasteiger partial charge in [-0.1, -0.05) is 6.07 Å². The molecule has 3 heterocycles. The first kappa shape index (κ1) is 10.0. The van der Waals surface area contributed by atoms with Crippen molar-refractivity contribution in [2.45, 2.75) is 12.5 Å². The molecule has 6 heteroatoms. The van der Waals surface area contributed by atoms with Gasteiger partial charge in [-0.2, -0.15) is 4.52 Å². The van der Waals surface area contributed by atoms with E-state index in [2.05, 4.69) is 31.3 Å². The molecule has 0 aromatic carbocycles. The molecule has 5 nitrogen and oxygen atoms in total. The van der Waals surface area contributed by atoms with Crippen LogP contribution in [-0.4, -0.2) is 33.9 Å². The maximum atomic E-state index is 5.33. The molecule has 1 N–H and O–H groups in total. The van der Waals surface area contributed by atoms with Gasteiger partial charge < -0.3 is 10.1 Å². The summed E-state index contributed by atoms with van der Waals surface area (Å²) in [5.74, 6) is 0.950. The van der Waals surface area contributed by atoms with Crippen molar-refractivity contribution in [2.75, 3.05) is 18.5 Å². The number of hydrogen-bond donors (Lipinski definition) is 1. The molecular weight excluding hydrogens is 272 g/mol. The lowest BCUT2D eigenvalue weighted by Gasteiger charge is -2.12. The van der Waals surface area contributed by atoms with Gasteiger partial charge in [0, 0.05) is 6.61 Å². The normalized spacial score (nSPS) is 20.4. The number of pyridine rings is 1. The van der Waals surface area contributed by atoms with E-state index in [0.717, 1.165) is 31.1 Å². The van der Waals surface area contributed by atoms with E-state index < -0.39 is 0 Å². The standard InChI is InChI=1S/C10H11BrN4O/c11-10-13-9-3-1-2-8(15(9)14-10)12-7-4-5-16-6-7/h1-3,7,12H,4-6H2. The van der Waals surface area contributed by atoms with Gasteiger partial charge in [-0.3, -0.25) is 0 Å². The average Bonchev–Trinajstić information content (AvgIpc) is 2.86. The molecule has 3 rings (SSSR count). The second-order valence-corrected chi connectivity index (χ2v) is 4.48. The topological polar surface area (TPSA) is 51.5 Å². The number of rotatable bonds is 2. The Labute approximate surface area is 101 Å². The third-order valence-corrected chi connectivity index (χ3v) is 2.95. The summed E-state index contributed by atoms with van der Waals surface area (Å²) in [5.41, 5.74) is 0.829. The van der Waals surface area contributed by atoms with Crippen molar-refractivity contribution in [1.29, 1.82) is 0 Å². The zero-order valence-electron chi connectivity index (χ0n) is 8.56. The summed E-state index contributed by atoms with van der Waals surface area (Å²) in [6.07, 6.45) is 1.03. The van der Waals surface area contributed by atoms with Gasteiger partial charge in [-0.15, -0.1) is 5.10 Å². The van der Waals surface area contributed by atoms with E-state index in [9.17, 15) is 0 Å². The molecule has 0 bridgehead atoms. The van der Waals surface area contributed by atoms with Crippen LogP contribution in [-0.2, 0) is 4.74 Å². The summed E-state index contributed by atoms with van der Waals surface area (Å²) in [6.45, 7) is 1.58. The maximum absolute atomic E-state index is 5.33. The van der Waals surface area contributed by atoms with E-state index in [1.165, 1.54) is 0 Å². The Balaban J connectivity index is 1.95. The largest absolute Gasteiger partial charge is 0.379 e. The highest BCUT2D eigenvalue weighted by Crippen LogP contribution is 2.16. The Bertz CT molecular complexity index is 506. The van der Waals surface area contributed by atoms with Crippen molar-refractivity contribution in [2.24, 2.45) is 0 Å². The quantitative estimate of drug-likeness (QED) is 0.911. The van der Waals surface area contributed by atoms with E-state index in [1.54, 1.807) is 4.52 Å². The molecule has 1 fully saturated rings. The minimum atomic E-state index is 0.369. The van der Waals surface area contributed by atoms with Crippen LogP contribution in [0.1, 0.15) is 6.42 Å². The zero-order chi connectivity index (χ0) is 11.0. The molecule has 84 valence electrons. The van der Waals surface area contributed by atoms with Crippen LogP contribution in [0.5, 0.6) is 0 Å². The second-order valence-electron chi connectivity index (χ2n) is 3.77. The molecule has 1 aliphatic heterocycles. The number of fused-ring (bicyclic) bond motifs is 1.